The van der Waals surface area contributed by atoms with Gasteiger partial charge in [-0.15, -0.1) is 0 Å². The van der Waals surface area contributed by atoms with Crippen molar-refractivity contribution in [3.8, 4) is 0 Å². The van der Waals surface area contributed by atoms with Crippen LogP contribution in [0.3, 0.4) is 0 Å². The summed E-state index contributed by atoms with van der Waals surface area (Å²) in [5, 5.41) is 13.2. The highest BCUT2D eigenvalue weighted by atomic mass is 16.6. The minimum absolute atomic E-state index is 0.420. The molecular weight excluding hydrogens is 296 g/mol. The minimum Gasteiger partial charge on any atom is -0.444 e. The largest absolute Gasteiger partial charge is 0.444 e. The summed E-state index contributed by atoms with van der Waals surface area (Å²) in [7, 11) is 1.70. The Morgan fingerprint density at radius 2 is 1.91 bits per heavy atom. The molecule has 0 radical (unpaired) electrons. The van der Waals surface area contributed by atoms with Crippen LogP contribution in [0.4, 0.5) is 4.79 Å². The summed E-state index contributed by atoms with van der Waals surface area (Å²) >= 11 is 0. The van der Waals surface area contributed by atoms with Gasteiger partial charge in [0.15, 0.2) is 5.96 Å². The van der Waals surface area contributed by atoms with Crippen molar-refractivity contribution < 1.29 is 9.53 Å². The monoisotopic (exact) mass is 324 g/mol. The molecule has 3 N–H and O–H groups in total. The van der Waals surface area contributed by atoms with E-state index in [0.717, 1.165) is 12.1 Å². The number of alkyl carbamates (subject to hydrolysis) is 1. The molecule has 0 spiro atoms. The van der Waals surface area contributed by atoms with Gasteiger partial charge < -0.3 is 20.7 Å². The van der Waals surface area contributed by atoms with Crippen molar-refractivity contribution in [1.82, 2.24) is 25.7 Å². The first-order valence-corrected chi connectivity index (χ1v) is 7.70. The topological polar surface area (TPSA) is 92.6 Å². The van der Waals surface area contributed by atoms with Crippen LogP contribution in [0, 0.1) is 6.92 Å². The zero-order chi connectivity index (χ0) is 17.3. The predicted octanol–water partition coefficient (Wildman–Crippen LogP) is 0.881. The van der Waals surface area contributed by atoms with Gasteiger partial charge in [0.1, 0.15) is 5.60 Å². The number of hydrogen-bond donors (Lipinski definition) is 3. The van der Waals surface area contributed by atoms with Crippen LogP contribution in [-0.2, 0) is 11.3 Å². The maximum absolute atomic E-state index is 11.5. The van der Waals surface area contributed by atoms with Gasteiger partial charge in [0, 0.05) is 32.9 Å². The Labute approximate surface area is 137 Å². The third-order valence-corrected chi connectivity index (χ3v) is 2.70. The lowest BCUT2D eigenvalue weighted by Gasteiger charge is -2.19. The molecule has 8 nitrogen and oxygen atoms in total. The molecule has 1 heterocycles. The molecule has 0 saturated heterocycles. The first-order valence-electron chi connectivity index (χ1n) is 7.70. The number of aryl methyl sites for hydroxylation is 1. The molecule has 8 heteroatoms. The standard InChI is InChI=1S/C15H28N6O2/c1-12-10-20-21(11-12)9-8-18-13(16-5)17-6-7-19-14(22)23-15(2,3)4/h10-11H,6-9H2,1-5H3,(H,19,22)(H2,16,17,18). The Kier molecular flexibility index (Phi) is 7.37. The van der Waals surface area contributed by atoms with Crippen LogP contribution in [-0.4, -0.2) is 54.1 Å². The third-order valence-electron chi connectivity index (χ3n) is 2.70. The maximum Gasteiger partial charge on any atom is 0.407 e. The molecule has 1 aromatic heterocycles. The van der Waals surface area contributed by atoms with Gasteiger partial charge in [-0.05, 0) is 33.3 Å². The highest BCUT2D eigenvalue weighted by Gasteiger charge is 2.15. The second-order valence-electron chi connectivity index (χ2n) is 6.14. The van der Waals surface area contributed by atoms with Crippen LogP contribution in [0.2, 0.25) is 0 Å². The molecule has 23 heavy (non-hydrogen) atoms. The number of aromatic nitrogens is 2. The van der Waals surface area contributed by atoms with Gasteiger partial charge in [-0.2, -0.15) is 5.10 Å². The van der Waals surface area contributed by atoms with Crippen LogP contribution in [0.5, 0.6) is 0 Å². The number of hydrogen-bond acceptors (Lipinski definition) is 4. The van der Waals surface area contributed by atoms with Gasteiger partial charge in [0.05, 0.1) is 12.7 Å². The lowest BCUT2D eigenvalue weighted by atomic mass is 10.2. The highest BCUT2D eigenvalue weighted by Crippen LogP contribution is 2.05. The van der Waals surface area contributed by atoms with Crippen molar-refractivity contribution >= 4 is 12.1 Å². The molecule has 1 amide bonds. The predicted molar refractivity (Wildman–Crippen MR) is 90.6 cm³/mol. The van der Waals surface area contributed by atoms with E-state index in [4.69, 9.17) is 4.74 Å². The van der Waals surface area contributed by atoms with Crippen molar-refractivity contribution in [1.29, 1.82) is 0 Å². The number of nitrogens with one attached hydrogen (secondary N) is 3. The van der Waals surface area contributed by atoms with Crippen LogP contribution >= 0.6 is 0 Å². The fraction of sp³-hybridized carbons (Fsp3) is 0.667. The smallest absolute Gasteiger partial charge is 0.407 e. The Morgan fingerprint density at radius 3 is 2.48 bits per heavy atom. The zero-order valence-electron chi connectivity index (χ0n) is 14.6. The summed E-state index contributed by atoms with van der Waals surface area (Å²) in [6.45, 7) is 9.97. The number of amides is 1. The van der Waals surface area contributed by atoms with E-state index < -0.39 is 11.7 Å². The zero-order valence-corrected chi connectivity index (χ0v) is 14.6. The highest BCUT2D eigenvalue weighted by molar-refractivity contribution is 5.79. The van der Waals surface area contributed by atoms with Gasteiger partial charge in [-0.3, -0.25) is 9.67 Å². The van der Waals surface area contributed by atoms with Crippen LogP contribution in [0.15, 0.2) is 17.4 Å². The molecule has 1 aromatic rings. The van der Waals surface area contributed by atoms with E-state index >= 15 is 0 Å². The fourth-order valence-electron chi connectivity index (χ4n) is 1.76. The number of nitrogens with zero attached hydrogens (tertiary/aromatic N) is 3. The SMILES string of the molecule is CN=C(NCCNC(=O)OC(C)(C)C)NCCn1cc(C)cn1. The van der Waals surface area contributed by atoms with Crippen molar-refractivity contribution in [3.63, 3.8) is 0 Å². The Bertz CT molecular complexity index is 518. The van der Waals surface area contributed by atoms with E-state index in [-0.39, 0.29) is 0 Å². The van der Waals surface area contributed by atoms with Gasteiger partial charge in [0.2, 0.25) is 0 Å². The average Bonchev–Trinajstić information content (AvgIpc) is 2.85. The van der Waals surface area contributed by atoms with Crippen molar-refractivity contribution in [3.05, 3.63) is 18.0 Å². The number of carbonyl (C=O) groups excluding carboxylic acids is 1. The molecular formula is C15H28N6O2. The molecule has 0 aromatic carbocycles. The Balaban J connectivity index is 2.15. The lowest BCUT2D eigenvalue weighted by molar-refractivity contribution is 0.0529. The van der Waals surface area contributed by atoms with Gasteiger partial charge in [-0.25, -0.2) is 4.79 Å². The van der Waals surface area contributed by atoms with Crippen LogP contribution in [0.25, 0.3) is 0 Å². The van der Waals surface area contributed by atoms with E-state index in [1.807, 2.05) is 44.8 Å². The Morgan fingerprint density at radius 1 is 1.26 bits per heavy atom. The summed E-state index contributed by atoms with van der Waals surface area (Å²) in [4.78, 5) is 15.6. The Hall–Kier alpha value is -2.25. The summed E-state index contributed by atoms with van der Waals surface area (Å²) in [5.74, 6) is 0.680. The van der Waals surface area contributed by atoms with Crippen LogP contribution < -0.4 is 16.0 Å². The van der Waals surface area contributed by atoms with E-state index in [0.29, 0.717) is 25.6 Å². The summed E-state index contributed by atoms with van der Waals surface area (Å²) < 4.78 is 7.03. The number of guanidine groups is 1. The van der Waals surface area contributed by atoms with Gasteiger partial charge in [0.25, 0.3) is 0 Å². The molecule has 0 aliphatic carbocycles. The van der Waals surface area contributed by atoms with E-state index in [2.05, 4.69) is 26.0 Å². The number of aliphatic imine (C=N–C) groups is 1. The first-order chi connectivity index (χ1) is 10.8. The van der Waals surface area contributed by atoms with E-state index in [1.54, 1.807) is 7.05 Å². The van der Waals surface area contributed by atoms with Crippen molar-refractivity contribution in [2.45, 2.75) is 39.8 Å². The normalized spacial score (nSPS) is 12.0. The fourth-order valence-corrected chi connectivity index (χ4v) is 1.76. The second-order valence-corrected chi connectivity index (χ2v) is 6.14. The van der Waals surface area contributed by atoms with Crippen LogP contribution in [0.1, 0.15) is 26.3 Å². The number of ether oxygens (including phenoxy) is 1. The molecule has 1 rings (SSSR count). The third kappa shape index (κ3) is 8.70. The molecule has 0 fully saturated rings. The quantitative estimate of drug-likeness (QED) is 0.410. The minimum atomic E-state index is -0.486. The molecule has 0 atom stereocenters. The molecule has 0 unspecified atom stereocenters. The summed E-state index contributed by atoms with van der Waals surface area (Å²) in [6, 6.07) is 0. The lowest BCUT2D eigenvalue weighted by Crippen LogP contribution is -2.43. The van der Waals surface area contributed by atoms with Gasteiger partial charge in [-0.1, -0.05) is 0 Å². The molecule has 0 bridgehead atoms. The number of rotatable bonds is 6. The molecule has 0 aliphatic rings. The molecule has 130 valence electrons. The maximum atomic E-state index is 11.5. The van der Waals surface area contributed by atoms with Crippen molar-refractivity contribution in [2.75, 3.05) is 26.7 Å². The van der Waals surface area contributed by atoms with E-state index in [9.17, 15) is 4.79 Å². The van der Waals surface area contributed by atoms with E-state index in [1.165, 1.54) is 0 Å². The average molecular weight is 324 g/mol. The molecule has 0 aliphatic heterocycles. The number of carbonyl (C=O) groups is 1. The molecule has 0 saturated carbocycles. The second kappa shape index (κ2) is 9.02. The summed E-state index contributed by atoms with van der Waals surface area (Å²) in [5.41, 5.74) is 0.653. The summed E-state index contributed by atoms with van der Waals surface area (Å²) in [6.07, 6.45) is 3.40. The van der Waals surface area contributed by atoms with Gasteiger partial charge >= 0.3 is 6.09 Å². The first kappa shape index (κ1) is 18.8. The van der Waals surface area contributed by atoms with Crippen molar-refractivity contribution in [2.24, 2.45) is 4.99 Å².